The molecule has 1 aromatic heterocycles. The first-order valence-corrected chi connectivity index (χ1v) is 10.3. The lowest BCUT2D eigenvalue weighted by molar-refractivity contribution is 0.590. The smallest absolute Gasteiger partial charge is 0.192 e. The molecule has 0 radical (unpaired) electrons. The number of hydrogen-bond acceptors (Lipinski definition) is 3. The van der Waals surface area contributed by atoms with Crippen LogP contribution >= 0.6 is 23.4 Å². The highest BCUT2D eigenvalue weighted by Gasteiger charge is 2.16. The fraction of sp³-hybridized carbons (Fsp3) is 0.273. The molecule has 3 nitrogen and oxygen atoms in total. The maximum atomic E-state index is 6.35. The Morgan fingerprint density at radius 1 is 1.07 bits per heavy atom. The van der Waals surface area contributed by atoms with Crippen molar-refractivity contribution in [3.63, 3.8) is 0 Å². The predicted octanol–water partition coefficient (Wildman–Crippen LogP) is 6.37. The molecule has 27 heavy (non-hydrogen) atoms. The standard InChI is InChI=1S/C22H24ClN3S/c1-5-14-26-20(18-8-6-7-9-19(18)23)24-25-21(26)27-15-16-10-12-17(13-11-16)22(2,3)4/h5-13H,1,14-15H2,2-4H3. The first-order chi connectivity index (χ1) is 12.9. The minimum atomic E-state index is 0.166. The molecule has 0 aliphatic carbocycles. The zero-order valence-corrected chi connectivity index (χ0v) is 17.5. The van der Waals surface area contributed by atoms with Crippen LogP contribution in [0.15, 0.2) is 66.3 Å². The molecule has 140 valence electrons. The van der Waals surface area contributed by atoms with Gasteiger partial charge in [0.25, 0.3) is 0 Å². The van der Waals surface area contributed by atoms with E-state index in [0.29, 0.717) is 11.6 Å². The Bertz CT molecular complexity index is 923. The Morgan fingerprint density at radius 2 is 1.78 bits per heavy atom. The van der Waals surface area contributed by atoms with Gasteiger partial charge in [-0.2, -0.15) is 0 Å². The molecule has 0 aliphatic rings. The zero-order chi connectivity index (χ0) is 19.4. The molecule has 0 aliphatic heterocycles. The average Bonchev–Trinajstić information content (AvgIpc) is 3.03. The number of halogens is 1. The predicted molar refractivity (Wildman–Crippen MR) is 115 cm³/mol. The van der Waals surface area contributed by atoms with Gasteiger partial charge in [-0.3, -0.25) is 4.57 Å². The summed E-state index contributed by atoms with van der Waals surface area (Å²) in [6, 6.07) is 16.5. The van der Waals surface area contributed by atoms with Gasteiger partial charge in [-0.1, -0.05) is 86.6 Å². The topological polar surface area (TPSA) is 30.7 Å². The summed E-state index contributed by atoms with van der Waals surface area (Å²) >= 11 is 8.02. The number of rotatable bonds is 6. The fourth-order valence-corrected chi connectivity index (χ4v) is 3.90. The summed E-state index contributed by atoms with van der Waals surface area (Å²) in [5, 5.41) is 10.3. The third-order valence-corrected chi connectivity index (χ3v) is 5.70. The van der Waals surface area contributed by atoms with Crippen LogP contribution in [0, 0.1) is 0 Å². The van der Waals surface area contributed by atoms with E-state index in [1.165, 1.54) is 11.1 Å². The van der Waals surface area contributed by atoms with E-state index in [1.54, 1.807) is 11.8 Å². The molecular formula is C22H24ClN3S. The Kier molecular flexibility index (Phi) is 6.08. The second kappa shape index (κ2) is 8.32. The van der Waals surface area contributed by atoms with E-state index in [2.05, 4.69) is 66.4 Å². The van der Waals surface area contributed by atoms with E-state index in [9.17, 15) is 0 Å². The van der Waals surface area contributed by atoms with Crippen molar-refractivity contribution < 1.29 is 0 Å². The Labute approximate surface area is 170 Å². The van der Waals surface area contributed by atoms with E-state index in [4.69, 9.17) is 11.6 Å². The highest BCUT2D eigenvalue weighted by molar-refractivity contribution is 7.98. The lowest BCUT2D eigenvalue weighted by Gasteiger charge is -2.19. The number of aromatic nitrogens is 3. The third-order valence-electron chi connectivity index (χ3n) is 4.33. The molecule has 5 heteroatoms. The molecule has 1 heterocycles. The normalized spacial score (nSPS) is 11.6. The van der Waals surface area contributed by atoms with Crippen LogP contribution in [0.3, 0.4) is 0 Å². The molecular weight excluding hydrogens is 374 g/mol. The summed E-state index contributed by atoms with van der Waals surface area (Å²) < 4.78 is 2.06. The van der Waals surface area contributed by atoms with Crippen molar-refractivity contribution in [2.45, 2.75) is 43.6 Å². The second-order valence-electron chi connectivity index (χ2n) is 7.42. The Hall–Kier alpha value is -2.04. The quantitative estimate of drug-likeness (QED) is 0.357. The highest BCUT2D eigenvalue weighted by Crippen LogP contribution is 2.31. The summed E-state index contributed by atoms with van der Waals surface area (Å²) in [6.45, 7) is 11.2. The first kappa shape index (κ1) is 19.7. The second-order valence-corrected chi connectivity index (χ2v) is 8.77. The summed E-state index contributed by atoms with van der Waals surface area (Å²) in [7, 11) is 0. The van der Waals surface area contributed by atoms with Gasteiger partial charge in [-0.15, -0.1) is 16.8 Å². The van der Waals surface area contributed by atoms with E-state index >= 15 is 0 Å². The average molecular weight is 398 g/mol. The summed E-state index contributed by atoms with van der Waals surface area (Å²) in [5.41, 5.74) is 3.65. The van der Waals surface area contributed by atoms with Gasteiger partial charge in [0.2, 0.25) is 0 Å². The van der Waals surface area contributed by atoms with Crippen molar-refractivity contribution in [2.24, 2.45) is 0 Å². The van der Waals surface area contributed by atoms with Gasteiger partial charge in [-0.05, 0) is 28.7 Å². The van der Waals surface area contributed by atoms with Gasteiger partial charge in [0, 0.05) is 17.9 Å². The van der Waals surface area contributed by atoms with Gasteiger partial charge in [0.05, 0.1) is 5.02 Å². The zero-order valence-electron chi connectivity index (χ0n) is 15.9. The number of nitrogens with zero attached hydrogens (tertiary/aromatic N) is 3. The SMILES string of the molecule is C=CCn1c(SCc2ccc(C(C)(C)C)cc2)nnc1-c1ccccc1Cl. The maximum absolute atomic E-state index is 6.35. The molecule has 3 aromatic rings. The minimum absolute atomic E-state index is 0.166. The monoisotopic (exact) mass is 397 g/mol. The van der Waals surface area contributed by atoms with Crippen molar-refractivity contribution in [1.29, 1.82) is 0 Å². The molecule has 0 amide bonds. The molecule has 0 fully saturated rings. The van der Waals surface area contributed by atoms with Crippen molar-refractivity contribution in [2.75, 3.05) is 0 Å². The molecule has 0 saturated carbocycles. The molecule has 0 spiro atoms. The van der Waals surface area contributed by atoms with Crippen LogP contribution in [-0.2, 0) is 17.7 Å². The fourth-order valence-electron chi connectivity index (χ4n) is 2.78. The lowest BCUT2D eigenvalue weighted by atomic mass is 9.87. The van der Waals surface area contributed by atoms with Gasteiger partial charge in [0.1, 0.15) is 0 Å². The molecule has 0 bridgehead atoms. The van der Waals surface area contributed by atoms with Crippen LogP contribution in [0.5, 0.6) is 0 Å². The summed E-state index contributed by atoms with van der Waals surface area (Å²) in [6.07, 6.45) is 1.85. The van der Waals surface area contributed by atoms with E-state index in [1.807, 2.05) is 30.3 Å². The Morgan fingerprint density at radius 3 is 2.41 bits per heavy atom. The molecule has 2 aromatic carbocycles. The van der Waals surface area contributed by atoms with Gasteiger partial charge < -0.3 is 0 Å². The summed E-state index contributed by atoms with van der Waals surface area (Å²) in [5.74, 6) is 1.61. The van der Waals surface area contributed by atoms with Gasteiger partial charge in [-0.25, -0.2) is 0 Å². The maximum Gasteiger partial charge on any atom is 0.192 e. The van der Waals surface area contributed by atoms with Crippen LogP contribution in [0.25, 0.3) is 11.4 Å². The van der Waals surface area contributed by atoms with E-state index in [0.717, 1.165) is 22.3 Å². The molecule has 3 rings (SSSR count). The van der Waals surface area contributed by atoms with Crippen LogP contribution in [0.4, 0.5) is 0 Å². The van der Waals surface area contributed by atoms with Crippen LogP contribution in [-0.4, -0.2) is 14.8 Å². The largest absolute Gasteiger partial charge is 0.298 e. The molecule has 0 unspecified atom stereocenters. The van der Waals surface area contributed by atoms with Crippen LogP contribution in [0.2, 0.25) is 5.02 Å². The van der Waals surface area contributed by atoms with Crippen molar-refractivity contribution in [3.05, 3.63) is 77.3 Å². The number of benzene rings is 2. The Balaban J connectivity index is 1.81. The van der Waals surface area contributed by atoms with Crippen molar-refractivity contribution in [3.8, 4) is 11.4 Å². The van der Waals surface area contributed by atoms with Crippen LogP contribution in [0.1, 0.15) is 31.9 Å². The molecule has 0 saturated heterocycles. The number of hydrogen-bond donors (Lipinski definition) is 0. The van der Waals surface area contributed by atoms with Crippen molar-refractivity contribution in [1.82, 2.24) is 14.8 Å². The van der Waals surface area contributed by atoms with Gasteiger partial charge >= 0.3 is 0 Å². The minimum Gasteiger partial charge on any atom is -0.298 e. The van der Waals surface area contributed by atoms with E-state index in [-0.39, 0.29) is 5.41 Å². The lowest BCUT2D eigenvalue weighted by Crippen LogP contribution is -2.10. The van der Waals surface area contributed by atoms with E-state index < -0.39 is 0 Å². The highest BCUT2D eigenvalue weighted by atomic mass is 35.5. The first-order valence-electron chi connectivity index (χ1n) is 8.91. The third kappa shape index (κ3) is 4.63. The summed E-state index contributed by atoms with van der Waals surface area (Å²) in [4.78, 5) is 0. The molecule has 0 atom stereocenters. The van der Waals surface area contributed by atoms with Gasteiger partial charge in [0.15, 0.2) is 11.0 Å². The van der Waals surface area contributed by atoms with Crippen LogP contribution < -0.4 is 0 Å². The number of allylic oxidation sites excluding steroid dienone is 1. The van der Waals surface area contributed by atoms with Crippen molar-refractivity contribution >= 4 is 23.4 Å². The number of thioether (sulfide) groups is 1. The molecule has 0 N–H and O–H groups in total.